The third-order valence-electron chi connectivity index (χ3n) is 4.98. The molecule has 17 heavy (non-hydrogen) atoms. The fraction of sp³-hybridized carbons (Fsp3) is 0.867. The van der Waals surface area contributed by atoms with E-state index in [1.807, 2.05) is 13.0 Å². The molecule has 1 saturated carbocycles. The van der Waals surface area contributed by atoms with Crippen molar-refractivity contribution in [1.29, 1.82) is 0 Å². The molecule has 0 saturated heterocycles. The molecule has 2 aliphatic rings. The monoisotopic (exact) mass is 238 g/mol. The molecule has 0 bridgehead atoms. The number of hydrogen-bond donors (Lipinski definition) is 2. The minimum Gasteiger partial charge on any atom is -0.390 e. The summed E-state index contributed by atoms with van der Waals surface area (Å²) in [6.07, 6.45) is 5.18. The molecule has 2 heteroatoms. The quantitative estimate of drug-likeness (QED) is 0.637. The number of rotatable bonds is 0. The summed E-state index contributed by atoms with van der Waals surface area (Å²) in [7, 11) is 0. The summed E-state index contributed by atoms with van der Waals surface area (Å²) in [6.45, 7) is 8.59. The van der Waals surface area contributed by atoms with Crippen molar-refractivity contribution in [2.45, 2.75) is 65.1 Å². The highest BCUT2D eigenvalue weighted by atomic mass is 16.3. The van der Waals surface area contributed by atoms with Crippen LogP contribution in [0.3, 0.4) is 0 Å². The Hall–Kier alpha value is -0.340. The Morgan fingerprint density at radius 1 is 1.18 bits per heavy atom. The zero-order valence-electron chi connectivity index (χ0n) is 11.5. The van der Waals surface area contributed by atoms with Crippen LogP contribution >= 0.6 is 0 Å². The number of hydrogen-bond acceptors (Lipinski definition) is 2. The lowest BCUT2D eigenvalue weighted by Crippen LogP contribution is -2.55. The Kier molecular flexibility index (Phi) is 3.16. The summed E-state index contributed by atoms with van der Waals surface area (Å²) in [4.78, 5) is 0. The Labute approximate surface area is 105 Å². The molecular formula is C15H26O2. The van der Waals surface area contributed by atoms with Gasteiger partial charge in [0, 0.05) is 6.42 Å². The van der Waals surface area contributed by atoms with E-state index in [4.69, 9.17) is 0 Å². The molecule has 0 aromatic heterocycles. The summed E-state index contributed by atoms with van der Waals surface area (Å²) >= 11 is 0. The lowest BCUT2D eigenvalue weighted by Gasteiger charge is -2.57. The predicted molar refractivity (Wildman–Crippen MR) is 69.6 cm³/mol. The van der Waals surface area contributed by atoms with Gasteiger partial charge in [-0.05, 0) is 50.4 Å². The summed E-state index contributed by atoms with van der Waals surface area (Å²) in [5, 5.41) is 20.6. The van der Waals surface area contributed by atoms with Crippen LogP contribution in [0.15, 0.2) is 11.6 Å². The first-order valence-corrected chi connectivity index (χ1v) is 6.80. The van der Waals surface area contributed by atoms with Gasteiger partial charge in [0.25, 0.3) is 0 Å². The SMILES string of the molecule is C/C1=C\[C@H](O)C[C@@](C)(O)[C@H]2CC(C)(C)[C@@H]2CC1. The maximum Gasteiger partial charge on any atom is 0.0750 e. The van der Waals surface area contributed by atoms with Gasteiger partial charge in [-0.2, -0.15) is 0 Å². The molecule has 0 aliphatic heterocycles. The van der Waals surface area contributed by atoms with Crippen LogP contribution in [0.2, 0.25) is 0 Å². The van der Waals surface area contributed by atoms with Crippen LogP contribution in [0.1, 0.15) is 53.4 Å². The molecule has 1 fully saturated rings. The third-order valence-corrected chi connectivity index (χ3v) is 4.98. The van der Waals surface area contributed by atoms with E-state index in [1.165, 1.54) is 5.57 Å². The van der Waals surface area contributed by atoms with E-state index >= 15 is 0 Å². The molecule has 0 aromatic carbocycles. The van der Waals surface area contributed by atoms with Crippen molar-refractivity contribution in [1.82, 2.24) is 0 Å². The van der Waals surface area contributed by atoms with Crippen molar-refractivity contribution < 1.29 is 10.2 Å². The molecule has 2 rings (SSSR count). The predicted octanol–water partition coefficient (Wildman–Crippen LogP) is 2.89. The standard InChI is InChI=1S/C15H26O2/c1-10-5-6-12-13(9-14(12,2)3)15(4,17)8-11(16)7-10/h7,11-13,16-17H,5-6,8-9H2,1-4H3/b10-7+/t11-,12+,13-,15+/m0/s1. The second-order valence-corrected chi connectivity index (χ2v) is 7.09. The van der Waals surface area contributed by atoms with E-state index in [2.05, 4.69) is 20.8 Å². The second-order valence-electron chi connectivity index (χ2n) is 7.09. The number of fused-ring (bicyclic) bond motifs is 1. The van der Waals surface area contributed by atoms with Crippen LogP contribution in [0, 0.1) is 17.3 Å². The van der Waals surface area contributed by atoms with Gasteiger partial charge in [-0.3, -0.25) is 0 Å². The Balaban J connectivity index is 2.23. The molecule has 0 unspecified atom stereocenters. The van der Waals surface area contributed by atoms with Crippen LogP contribution in [-0.4, -0.2) is 21.9 Å². The van der Waals surface area contributed by atoms with Gasteiger partial charge >= 0.3 is 0 Å². The maximum atomic E-state index is 10.6. The van der Waals surface area contributed by atoms with Crippen molar-refractivity contribution in [2.75, 3.05) is 0 Å². The first-order valence-electron chi connectivity index (χ1n) is 6.80. The number of aliphatic hydroxyl groups excluding tert-OH is 1. The summed E-state index contributed by atoms with van der Waals surface area (Å²) in [5.74, 6) is 0.942. The molecule has 98 valence electrons. The molecule has 0 radical (unpaired) electrons. The van der Waals surface area contributed by atoms with Crippen LogP contribution in [0.4, 0.5) is 0 Å². The van der Waals surface area contributed by atoms with Crippen molar-refractivity contribution in [2.24, 2.45) is 17.3 Å². The largest absolute Gasteiger partial charge is 0.390 e. The van der Waals surface area contributed by atoms with Crippen molar-refractivity contribution in [3.63, 3.8) is 0 Å². The van der Waals surface area contributed by atoms with Crippen molar-refractivity contribution in [3.8, 4) is 0 Å². The number of allylic oxidation sites excluding steroid dienone is 1. The second kappa shape index (κ2) is 4.10. The summed E-state index contributed by atoms with van der Waals surface area (Å²) in [6, 6.07) is 0. The van der Waals surface area contributed by atoms with Crippen LogP contribution in [0.25, 0.3) is 0 Å². The molecule has 0 heterocycles. The average Bonchev–Trinajstić information content (AvgIpc) is 2.15. The van der Waals surface area contributed by atoms with E-state index in [0.717, 1.165) is 19.3 Å². The third kappa shape index (κ3) is 2.43. The lowest BCUT2D eigenvalue weighted by atomic mass is 9.49. The van der Waals surface area contributed by atoms with Crippen LogP contribution in [0.5, 0.6) is 0 Å². The lowest BCUT2D eigenvalue weighted by molar-refractivity contribution is -0.149. The molecule has 2 aliphatic carbocycles. The van der Waals surface area contributed by atoms with Gasteiger partial charge in [0.15, 0.2) is 0 Å². The topological polar surface area (TPSA) is 40.5 Å². The molecule has 2 nitrogen and oxygen atoms in total. The highest BCUT2D eigenvalue weighted by molar-refractivity contribution is 5.11. The fourth-order valence-electron chi connectivity index (χ4n) is 3.92. The van der Waals surface area contributed by atoms with Crippen LogP contribution in [-0.2, 0) is 0 Å². The highest BCUT2D eigenvalue weighted by Gasteiger charge is 2.54. The van der Waals surface area contributed by atoms with Gasteiger partial charge < -0.3 is 10.2 Å². The van der Waals surface area contributed by atoms with Crippen LogP contribution < -0.4 is 0 Å². The van der Waals surface area contributed by atoms with Gasteiger partial charge in [0.1, 0.15) is 0 Å². The summed E-state index contributed by atoms with van der Waals surface area (Å²) in [5.41, 5.74) is 0.891. The smallest absolute Gasteiger partial charge is 0.0750 e. The minimum atomic E-state index is -0.722. The Morgan fingerprint density at radius 3 is 2.41 bits per heavy atom. The van der Waals surface area contributed by atoms with Gasteiger partial charge in [0.2, 0.25) is 0 Å². The summed E-state index contributed by atoms with van der Waals surface area (Å²) < 4.78 is 0. The Morgan fingerprint density at radius 2 is 1.82 bits per heavy atom. The fourth-order valence-corrected chi connectivity index (χ4v) is 3.92. The van der Waals surface area contributed by atoms with Crippen molar-refractivity contribution in [3.05, 3.63) is 11.6 Å². The zero-order valence-corrected chi connectivity index (χ0v) is 11.5. The van der Waals surface area contributed by atoms with E-state index in [-0.39, 0.29) is 0 Å². The van der Waals surface area contributed by atoms with E-state index < -0.39 is 11.7 Å². The first-order chi connectivity index (χ1) is 7.72. The van der Waals surface area contributed by atoms with E-state index in [1.54, 1.807) is 0 Å². The van der Waals surface area contributed by atoms with Gasteiger partial charge in [-0.25, -0.2) is 0 Å². The normalized spacial score (nSPS) is 48.8. The molecule has 0 aromatic rings. The first kappa shape index (κ1) is 13.1. The molecular weight excluding hydrogens is 212 g/mol. The van der Waals surface area contributed by atoms with Gasteiger partial charge in [-0.15, -0.1) is 0 Å². The average molecular weight is 238 g/mol. The number of aliphatic hydroxyl groups is 2. The zero-order chi connectivity index (χ0) is 12.8. The van der Waals surface area contributed by atoms with Crippen molar-refractivity contribution >= 4 is 0 Å². The van der Waals surface area contributed by atoms with E-state index in [9.17, 15) is 10.2 Å². The van der Waals surface area contributed by atoms with Gasteiger partial charge in [-0.1, -0.05) is 25.5 Å². The highest BCUT2D eigenvalue weighted by Crippen LogP contribution is 2.58. The van der Waals surface area contributed by atoms with E-state index in [0.29, 0.717) is 23.7 Å². The molecule has 4 atom stereocenters. The maximum absolute atomic E-state index is 10.6. The minimum absolute atomic E-state index is 0.351. The molecule has 2 N–H and O–H groups in total. The van der Waals surface area contributed by atoms with Gasteiger partial charge in [0.05, 0.1) is 11.7 Å². The Bertz CT molecular complexity index is 328. The molecule has 0 spiro atoms. The molecule has 0 amide bonds.